The van der Waals surface area contributed by atoms with E-state index in [4.69, 9.17) is 85.3 Å². The number of nitrogens with zero attached hydrogens (tertiary/aromatic N) is 4. The Morgan fingerprint density at radius 3 is 2.02 bits per heavy atom. The number of pyridine rings is 1. The third-order valence-corrected chi connectivity index (χ3v) is 26.4. The fraction of sp³-hybridized carbons (Fsp3) is 0.402. The first-order valence-corrected chi connectivity index (χ1v) is 45.4. The number of nitrogens with two attached hydrogens (primary N) is 3. The zero-order valence-electron chi connectivity index (χ0n) is 73.4. The Morgan fingerprint density at radius 2 is 1.41 bits per heavy atom. The van der Waals surface area contributed by atoms with Crippen LogP contribution >= 0.6 is 82.7 Å². The molecule has 138 heavy (non-hydrogen) atoms. The highest BCUT2D eigenvalue weighted by molar-refractivity contribution is 8.00. The first-order valence-electron chi connectivity index (χ1n) is 42.4. The number of carbonyl (C=O) groups is 11. The number of carbonyl (C=O) groups excluding carboxylic acids is 11. The van der Waals surface area contributed by atoms with Crippen LogP contribution in [0.25, 0.3) is 11.1 Å². The Bertz CT molecular complexity index is 5940. The third kappa shape index (κ3) is 22.7. The number of β-lactam (4-membered cyclic amide) rings is 1. The lowest BCUT2D eigenvalue weighted by Crippen LogP contribution is -2.71. The Labute approximate surface area is 820 Å². The van der Waals surface area contributed by atoms with Gasteiger partial charge in [-0.05, 0) is 116 Å². The van der Waals surface area contributed by atoms with Gasteiger partial charge in [-0.3, -0.25) is 52.8 Å². The summed E-state index contributed by atoms with van der Waals surface area (Å²) in [4.78, 5) is 173. The molecule has 5 aromatic carbocycles. The van der Waals surface area contributed by atoms with Crippen molar-refractivity contribution in [1.82, 2.24) is 57.7 Å². The van der Waals surface area contributed by atoms with Crippen LogP contribution in [0.5, 0.6) is 46.0 Å². The van der Waals surface area contributed by atoms with Crippen molar-refractivity contribution >= 4 is 159 Å². The number of carboxylic acids is 1. The number of nitrogen functional groups attached to an aromatic ring is 1. The van der Waals surface area contributed by atoms with Crippen molar-refractivity contribution in [2.45, 2.75) is 181 Å². The van der Waals surface area contributed by atoms with Gasteiger partial charge in [0, 0.05) is 65.6 Å². The Morgan fingerprint density at radius 1 is 0.761 bits per heavy atom. The Balaban J connectivity index is 0.00000854. The zero-order valence-corrected chi connectivity index (χ0v) is 78.9. The fourth-order valence-electron chi connectivity index (χ4n) is 16.5. The molecule has 0 aliphatic carbocycles. The van der Waals surface area contributed by atoms with Crippen LogP contribution in [0.3, 0.4) is 0 Å². The summed E-state index contributed by atoms with van der Waals surface area (Å²) in [5, 5.41) is 144. The van der Waals surface area contributed by atoms with Gasteiger partial charge in [0.15, 0.2) is 53.7 Å². The zero-order chi connectivity index (χ0) is 98.1. The predicted molar refractivity (Wildman–Crippen MR) is 491 cm³/mol. The topological polar surface area (TPSA) is 676 Å². The monoisotopic (exact) mass is 2050 g/mol. The molecule has 0 radical (unpaired) electrons. The minimum atomic E-state index is -2.41. The standard InChI is InChI=1S/C87H95Cl3N16O28S2.2ClH/c1-33(2)20-45(94-5)74(117)100-62-66(112)36-11-14-49(43(88)22-36)130-51-24-38-25-52(70(51)134-85-71(69(115)68(114)53(31-107)132-85)133-55-29-87(4,93)72(116)34(3)129-55)131-50-15-12-37(23-44(50)89)67(113)63-81(124)99-59(42-26-40(108)27-48(110)56(42)41-21-35(10-13-47(41)109)57(77(120)101-63)98-78(121)58(38)97-75(118)46(28-54(91)111)96-80(62)123)76(119)95-16-9-19-128-104-61(60-73(90)136-86(92)103-60)79(122)102-64-82(125)106-65(84(126)127)39(32-135-83(64)106)30-105-17-7-6-8-18-105;;/h6-8,10-15,17-18,21-27,33-34,45-46,53,55,57-59,62-64,66-69,71-72,83,85,94,107,112-116H,9,16,19-20,28-32,93H2,1-5H3,(H15-,91,92,95,96,97,98,99,100,101,102,103,104,108,109,110,111,117,118,119,120,121,122,123,124,126,127);2*1H/t34-,45+,46-,53+,55-,57+,58+,59-,62+,63-,64+,66+,67+,68+,69-,71+,72+,83+,85-,87-;;/m0../s1. The van der Waals surface area contributed by atoms with Gasteiger partial charge in [0.05, 0.1) is 53.0 Å². The number of phenolic OH excluding ortho intramolecular Hbond substituents is 3. The minimum absolute atomic E-state index is 0. The molecule has 16 rings (SSSR count). The third-order valence-electron chi connectivity index (χ3n) is 23.4. The molecule has 2 aromatic heterocycles. The molecule has 0 unspecified atom stereocenters. The Hall–Kier alpha value is -11.8. The smallest absolute Gasteiger partial charge is 0.276 e. The van der Waals surface area contributed by atoms with Crippen LogP contribution in [0.1, 0.15) is 117 Å². The van der Waals surface area contributed by atoms with Gasteiger partial charge < -0.3 is 154 Å². The van der Waals surface area contributed by atoms with E-state index in [2.05, 4.69) is 58.0 Å². The number of fused-ring (bicyclic) bond motifs is 16. The molecule has 51 heteroatoms. The number of aliphatic hydroxyl groups is 6. The molecule has 24 N–H and O–H groups in total. The molecule has 3 saturated heterocycles. The summed E-state index contributed by atoms with van der Waals surface area (Å²) in [5.74, 6) is -19.2. The number of hydrogen-bond acceptors (Lipinski definition) is 35. The number of aliphatic carboxylic acids is 1. The summed E-state index contributed by atoms with van der Waals surface area (Å²) in [6, 6.07) is 2.92. The molecule has 44 nitrogen and oxygen atoms in total. The lowest BCUT2D eigenvalue weighted by Gasteiger charge is -2.50. The average Bonchev–Trinajstić information content (AvgIpc) is 0.768. The average molecular weight is 2060 g/mol. The molecule has 20 atom stereocenters. The number of carboxylic acid groups (broad SMARTS) is 1. The van der Waals surface area contributed by atoms with Gasteiger partial charge in [-0.1, -0.05) is 89.4 Å². The molecule has 9 aliphatic heterocycles. The Kier molecular flexibility index (Phi) is 33.6. The van der Waals surface area contributed by atoms with Gasteiger partial charge in [-0.25, -0.2) is 9.55 Å². The normalized spacial score (nSPS) is 26.7. The number of thiazole rings is 1. The second-order valence-corrected chi connectivity index (χ2v) is 37.2. The van der Waals surface area contributed by atoms with Gasteiger partial charge in [-0.2, -0.15) is 0 Å². The number of phenols is 3. The first-order chi connectivity index (χ1) is 64.6. The van der Waals surface area contributed by atoms with E-state index in [-0.39, 0.29) is 100 Å². The van der Waals surface area contributed by atoms with Crippen molar-refractivity contribution in [3.05, 3.63) is 169 Å². The number of anilines is 1. The number of ether oxygens (including phenoxy) is 6. The van der Waals surface area contributed by atoms with Crippen LogP contribution in [0, 0.1) is 5.92 Å². The van der Waals surface area contributed by atoms with Crippen molar-refractivity contribution in [2.75, 3.05) is 38.3 Å². The van der Waals surface area contributed by atoms with E-state index in [0.717, 1.165) is 83.0 Å². The second-order valence-electron chi connectivity index (χ2n) is 33.6. The number of likely N-dealkylation sites (N-methyl/N-ethyl adjacent to an activating group) is 1. The van der Waals surface area contributed by atoms with Crippen molar-refractivity contribution in [3.63, 3.8) is 0 Å². The number of amides is 10. The van der Waals surface area contributed by atoms with Gasteiger partial charge in [0.2, 0.25) is 59.3 Å². The quantitative estimate of drug-likeness (QED) is 0.0123. The highest BCUT2D eigenvalue weighted by Gasteiger charge is 2.55. The van der Waals surface area contributed by atoms with Crippen LogP contribution in [0.2, 0.25) is 14.4 Å². The van der Waals surface area contributed by atoms with Crippen LogP contribution < -0.4 is 88.9 Å². The number of rotatable bonds is 24. The number of aliphatic hydroxyl groups excluding tert-OH is 6. The van der Waals surface area contributed by atoms with E-state index >= 15 is 28.8 Å². The predicted octanol–water partition coefficient (Wildman–Crippen LogP) is -0.124. The number of halogens is 5. The largest absolute Gasteiger partial charge is 0.543 e. The lowest BCUT2D eigenvalue weighted by molar-refractivity contribution is -0.689. The summed E-state index contributed by atoms with van der Waals surface area (Å²) < 4.78 is 40.3. The molecule has 0 saturated carbocycles. The highest BCUT2D eigenvalue weighted by Crippen LogP contribution is 2.51. The first kappa shape index (κ1) is 105. The van der Waals surface area contributed by atoms with Crippen molar-refractivity contribution in [3.8, 4) is 57.1 Å². The van der Waals surface area contributed by atoms with E-state index in [0.29, 0.717) is 5.57 Å². The molecule has 7 aromatic rings. The molecule has 11 heterocycles. The van der Waals surface area contributed by atoms with Crippen LogP contribution in [0.15, 0.2) is 126 Å². The van der Waals surface area contributed by atoms with E-state index < -0.39 is 296 Å². The number of primary amides is 1. The van der Waals surface area contributed by atoms with Gasteiger partial charge in [-0.15, -0.1) is 36.6 Å². The molecule has 10 amide bonds. The number of nitrogens with one attached hydrogen (secondary N) is 9. The van der Waals surface area contributed by atoms with Crippen LogP contribution in [-0.4, -0.2) is 249 Å². The van der Waals surface area contributed by atoms with Gasteiger partial charge in [0.25, 0.3) is 11.8 Å². The van der Waals surface area contributed by atoms with Gasteiger partial charge in [0.1, 0.15) is 124 Å². The molecular weight excluding hydrogens is 1960 g/mol. The van der Waals surface area contributed by atoms with E-state index in [1.807, 2.05) is 0 Å². The minimum Gasteiger partial charge on any atom is -0.543 e. The van der Waals surface area contributed by atoms with Gasteiger partial charge >= 0.3 is 0 Å². The highest BCUT2D eigenvalue weighted by atomic mass is 35.5. The summed E-state index contributed by atoms with van der Waals surface area (Å²) in [6.07, 6.45) is -15.9. The summed E-state index contributed by atoms with van der Waals surface area (Å²) >= 11 is 22.8. The number of hydrogen-bond donors (Lipinski definition) is 21. The molecule has 740 valence electrons. The van der Waals surface area contributed by atoms with Crippen molar-refractivity contribution < 1.29 is 142 Å². The van der Waals surface area contributed by atoms with E-state index in [9.17, 15) is 75.0 Å². The van der Waals surface area contributed by atoms with Crippen molar-refractivity contribution in [1.29, 1.82) is 0 Å². The molecule has 3 fully saturated rings. The number of thioether (sulfide) groups is 1. The van der Waals surface area contributed by atoms with E-state index in [1.54, 1.807) is 49.0 Å². The molecule has 0 spiro atoms. The lowest BCUT2D eigenvalue weighted by atomic mass is 9.86. The summed E-state index contributed by atoms with van der Waals surface area (Å²) in [7, 11) is 1.46. The molecular formula is C87H97Cl5N16O28S2. The summed E-state index contributed by atoms with van der Waals surface area (Å²) in [6.45, 7) is 4.79. The number of benzene rings is 5. The maximum atomic E-state index is 16.4. The molecule has 11 bridgehead atoms. The van der Waals surface area contributed by atoms with E-state index in [1.165, 1.54) is 44.8 Å². The molecule has 9 aliphatic rings. The van der Waals surface area contributed by atoms with Crippen LogP contribution in [0.4, 0.5) is 5.13 Å². The summed E-state index contributed by atoms with van der Waals surface area (Å²) in [5.41, 5.74) is 13.1. The fourth-order valence-corrected chi connectivity index (χ4v) is 19.2. The van der Waals surface area contributed by atoms with Crippen LogP contribution in [-0.2, 0) is 78.3 Å². The number of aromatic hydroxyl groups is 3. The van der Waals surface area contributed by atoms with Crippen molar-refractivity contribution in [2.24, 2.45) is 22.5 Å². The number of aromatic nitrogens is 2. The maximum absolute atomic E-state index is 16.4. The SMILES string of the molecule is CN[C@H](CC(C)C)C(=O)N[C@H]1C(=O)N[C@@H](CC(N)=O)C(=O)N[C@H]2C(=O)N[C@H]3C(=O)N[C@H](C(=O)N[C@H](C(=O)NCCCO/N=C(\C(=O)N[C@@H]4C(=O)N5C(C(=O)[O-])=C(C[n+]6ccccc6)CS[C@H]45)c4nc(N)sc4Cl)c4cc(O)cc(O)c4-c4cc3ccc4O)[C@H](O)c3ccc(c(Cl)c3)Oc3cc2cc(c3O[C@@H]2O[C@H](CO)[C@@H](O)[C@H](O)[C@H]2O[C@H]2C[C@](C)(N)[C@H](O)[C@H](C)O2)Oc2ccc(cc2Cl)[C@H]1O.Cl.Cl. The number of oxime groups is 1. The maximum Gasteiger partial charge on any atom is 0.276 e. The second kappa shape index (κ2) is 44.1.